The number of aryl methyl sites for hydroxylation is 1. The molecule has 1 N–H and O–H groups in total. The first-order valence-corrected chi connectivity index (χ1v) is 9.75. The first-order valence-electron chi connectivity index (χ1n) is 7.72. The van der Waals surface area contributed by atoms with Crippen molar-refractivity contribution in [2.24, 2.45) is 0 Å². The Morgan fingerprint density at radius 1 is 1.33 bits per heavy atom. The lowest BCUT2D eigenvalue weighted by Crippen LogP contribution is -2.17. The first kappa shape index (κ1) is 18.7. The van der Waals surface area contributed by atoms with Gasteiger partial charge in [-0.3, -0.25) is 9.40 Å². The lowest BCUT2D eigenvalue weighted by atomic mass is 10.2. The fourth-order valence-electron chi connectivity index (χ4n) is 2.37. The van der Waals surface area contributed by atoms with Crippen LogP contribution in [-0.4, -0.2) is 24.0 Å². The summed E-state index contributed by atoms with van der Waals surface area (Å²) in [6.07, 6.45) is 1.39. The fraction of sp³-hybridized carbons (Fsp3) is 0.438. The van der Waals surface area contributed by atoms with E-state index < -0.39 is 15.8 Å². The number of sulfonamides is 1. The third-order valence-corrected chi connectivity index (χ3v) is 5.47. The van der Waals surface area contributed by atoms with Crippen LogP contribution in [0.15, 0.2) is 18.2 Å². The van der Waals surface area contributed by atoms with E-state index in [1.807, 2.05) is 6.92 Å². The van der Waals surface area contributed by atoms with Gasteiger partial charge in [0, 0.05) is 10.6 Å². The van der Waals surface area contributed by atoms with Gasteiger partial charge in [0.2, 0.25) is 10.0 Å². The van der Waals surface area contributed by atoms with Crippen LogP contribution >= 0.6 is 11.6 Å². The molecule has 0 saturated carbocycles. The molecule has 0 unspecified atom stereocenters. The predicted molar refractivity (Wildman–Crippen MR) is 94.5 cm³/mol. The average Bonchev–Trinajstić information content (AvgIpc) is 2.76. The van der Waals surface area contributed by atoms with Gasteiger partial charge in [-0.2, -0.15) is 5.10 Å². The molecule has 24 heavy (non-hydrogen) atoms. The summed E-state index contributed by atoms with van der Waals surface area (Å²) >= 11 is 6.05. The second-order valence-electron chi connectivity index (χ2n) is 5.68. The van der Waals surface area contributed by atoms with Crippen LogP contribution < -0.4 is 4.72 Å². The summed E-state index contributed by atoms with van der Waals surface area (Å²) in [5.74, 6) is -0.354. The van der Waals surface area contributed by atoms with Crippen molar-refractivity contribution in [1.29, 1.82) is 0 Å². The van der Waals surface area contributed by atoms with Crippen LogP contribution in [0.5, 0.6) is 0 Å². The molecule has 0 radical (unpaired) electrons. The average molecular weight is 374 g/mol. The molecule has 5 nitrogen and oxygen atoms in total. The molecular formula is C16H21ClFN3O2S. The Hall–Kier alpha value is -1.60. The van der Waals surface area contributed by atoms with Gasteiger partial charge >= 0.3 is 0 Å². The van der Waals surface area contributed by atoms with Crippen molar-refractivity contribution < 1.29 is 12.8 Å². The van der Waals surface area contributed by atoms with Gasteiger partial charge in [0.05, 0.1) is 29.4 Å². The number of hydrogen-bond donors (Lipinski definition) is 1. The second kappa shape index (κ2) is 7.53. The van der Waals surface area contributed by atoms with Crippen LogP contribution in [0, 0.1) is 19.7 Å². The Bertz CT molecular complexity index is 814. The second-order valence-corrected chi connectivity index (χ2v) is 7.93. The van der Waals surface area contributed by atoms with Crippen molar-refractivity contribution in [3.63, 3.8) is 0 Å². The third-order valence-electron chi connectivity index (χ3n) is 3.78. The number of unbranched alkanes of at least 4 members (excludes halogenated alkanes) is 1. The Balaban J connectivity index is 2.29. The van der Waals surface area contributed by atoms with Gasteiger partial charge in [-0.1, -0.05) is 31.0 Å². The van der Waals surface area contributed by atoms with E-state index in [1.54, 1.807) is 24.6 Å². The highest BCUT2D eigenvalue weighted by atomic mass is 35.5. The van der Waals surface area contributed by atoms with Crippen LogP contribution in [0.25, 0.3) is 0 Å². The molecule has 0 aliphatic heterocycles. The molecule has 0 amide bonds. The van der Waals surface area contributed by atoms with Gasteiger partial charge in [0.25, 0.3) is 0 Å². The molecule has 0 aliphatic rings. The smallest absolute Gasteiger partial charge is 0.232 e. The van der Waals surface area contributed by atoms with Crippen molar-refractivity contribution in [1.82, 2.24) is 9.78 Å². The molecule has 2 aromatic rings. The number of nitrogens with zero attached hydrogens (tertiary/aromatic N) is 2. The zero-order valence-corrected chi connectivity index (χ0v) is 15.5. The summed E-state index contributed by atoms with van der Waals surface area (Å²) in [7, 11) is -3.42. The molecule has 0 aliphatic carbocycles. The monoisotopic (exact) mass is 373 g/mol. The number of hydrogen-bond acceptors (Lipinski definition) is 3. The van der Waals surface area contributed by atoms with Crippen LogP contribution in [0.4, 0.5) is 10.1 Å². The Labute approximate surface area is 146 Å². The molecule has 8 heteroatoms. The van der Waals surface area contributed by atoms with Crippen molar-refractivity contribution in [3.05, 3.63) is 46.0 Å². The Morgan fingerprint density at radius 2 is 2.04 bits per heavy atom. The molecule has 0 saturated heterocycles. The highest BCUT2D eigenvalue weighted by Crippen LogP contribution is 2.25. The number of rotatable bonds is 7. The minimum absolute atomic E-state index is 0.0622. The van der Waals surface area contributed by atoms with E-state index in [4.69, 9.17) is 11.6 Å². The maximum absolute atomic E-state index is 13.9. The molecule has 1 aromatic carbocycles. The van der Waals surface area contributed by atoms with E-state index in [2.05, 4.69) is 9.82 Å². The topological polar surface area (TPSA) is 64.0 Å². The maximum atomic E-state index is 13.9. The van der Waals surface area contributed by atoms with E-state index >= 15 is 0 Å². The molecule has 0 bridgehead atoms. The van der Waals surface area contributed by atoms with Crippen LogP contribution in [-0.2, 0) is 16.6 Å². The zero-order valence-electron chi connectivity index (χ0n) is 13.9. The number of nitrogens with one attached hydrogen (secondary N) is 1. The predicted octanol–water partition coefficient (Wildman–Crippen LogP) is 3.88. The molecular weight excluding hydrogens is 353 g/mol. The van der Waals surface area contributed by atoms with Gasteiger partial charge < -0.3 is 0 Å². The van der Waals surface area contributed by atoms with Crippen molar-refractivity contribution in [3.8, 4) is 0 Å². The molecule has 0 fully saturated rings. The summed E-state index contributed by atoms with van der Waals surface area (Å²) in [4.78, 5) is 0. The van der Waals surface area contributed by atoms with Gasteiger partial charge in [0.15, 0.2) is 0 Å². The molecule has 0 spiro atoms. The Morgan fingerprint density at radius 3 is 2.67 bits per heavy atom. The lowest BCUT2D eigenvalue weighted by Gasteiger charge is -2.10. The van der Waals surface area contributed by atoms with Gasteiger partial charge in [-0.05, 0) is 32.4 Å². The standard InChI is InChI=1S/C16H21ClFN3O2S/c1-4-5-9-24(22,23)20-16-11(2)19-21(12(16)3)10-13-14(17)7-6-8-15(13)18/h6-8,20H,4-5,9-10H2,1-3H3. The normalized spacial score (nSPS) is 11.7. The molecule has 1 aromatic heterocycles. The van der Waals surface area contributed by atoms with E-state index in [1.165, 1.54) is 12.1 Å². The highest BCUT2D eigenvalue weighted by Gasteiger charge is 2.19. The number of anilines is 1. The molecule has 2 rings (SSSR count). The van der Waals surface area contributed by atoms with Gasteiger partial charge in [-0.15, -0.1) is 0 Å². The van der Waals surface area contributed by atoms with Crippen molar-refractivity contribution in [2.75, 3.05) is 10.5 Å². The Kier molecular flexibility index (Phi) is 5.87. The van der Waals surface area contributed by atoms with E-state index in [0.29, 0.717) is 34.1 Å². The van der Waals surface area contributed by atoms with Crippen LogP contribution in [0.1, 0.15) is 36.7 Å². The molecule has 1 heterocycles. The number of aromatic nitrogens is 2. The number of halogens is 2. The summed E-state index contributed by atoms with van der Waals surface area (Å²) in [5, 5.41) is 4.63. The summed E-state index contributed by atoms with van der Waals surface area (Å²) in [6.45, 7) is 5.52. The van der Waals surface area contributed by atoms with E-state index in [0.717, 1.165) is 6.42 Å². The quantitative estimate of drug-likeness (QED) is 0.800. The number of benzene rings is 1. The van der Waals surface area contributed by atoms with Crippen molar-refractivity contribution in [2.45, 2.75) is 40.2 Å². The lowest BCUT2D eigenvalue weighted by molar-refractivity contribution is 0.579. The zero-order chi connectivity index (χ0) is 17.9. The third kappa shape index (κ3) is 4.27. The summed E-state index contributed by atoms with van der Waals surface area (Å²) in [5.41, 5.74) is 1.93. The van der Waals surface area contributed by atoms with Crippen LogP contribution in [0.2, 0.25) is 5.02 Å². The van der Waals surface area contributed by atoms with Gasteiger partial charge in [-0.25, -0.2) is 12.8 Å². The largest absolute Gasteiger partial charge is 0.280 e. The van der Waals surface area contributed by atoms with Gasteiger partial charge in [0.1, 0.15) is 5.82 Å². The minimum atomic E-state index is -3.42. The van der Waals surface area contributed by atoms with Crippen molar-refractivity contribution >= 4 is 27.3 Å². The fourth-order valence-corrected chi connectivity index (χ4v) is 3.97. The highest BCUT2D eigenvalue weighted by molar-refractivity contribution is 7.92. The van der Waals surface area contributed by atoms with E-state index in [-0.39, 0.29) is 12.3 Å². The molecule has 0 atom stereocenters. The van der Waals surface area contributed by atoms with Crippen LogP contribution in [0.3, 0.4) is 0 Å². The first-order chi connectivity index (χ1) is 11.2. The summed E-state index contributed by atoms with van der Waals surface area (Å²) in [6, 6.07) is 4.48. The maximum Gasteiger partial charge on any atom is 0.232 e. The SMILES string of the molecule is CCCCS(=O)(=O)Nc1c(C)nn(Cc2c(F)cccc2Cl)c1C. The molecule has 132 valence electrons. The summed E-state index contributed by atoms with van der Waals surface area (Å²) < 4.78 is 42.3. The van der Waals surface area contributed by atoms with E-state index in [9.17, 15) is 12.8 Å². The minimum Gasteiger partial charge on any atom is -0.280 e.